The van der Waals surface area contributed by atoms with Gasteiger partial charge in [0.25, 0.3) is 0 Å². The second-order valence-electron chi connectivity index (χ2n) is 5.00. The molecular formula is C15H23NO. The zero-order valence-corrected chi connectivity index (χ0v) is 10.9. The van der Waals surface area contributed by atoms with Gasteiger partial charge in [-0.25, -0.2) is 0 Å². The molecule has 1 aromatic carbocycles. The van der Waals surface area contributed by atoms with Crippen LogP contribution >= 0.6 is 0 Å². The zero-order chi connectivity index (χ0) is 12.1. The average Bonchev–Trinajstić information content (AvgIpc) is 2.40. The van der Waals surface area contributed by atoms with Crippen molar-refractivity contribution in [3.8, 4) is 5.75 Å². The summed E-state index contributed by atoms with van der Waals surface area (Å²) in [5, 5.41) is 3.73. The predicted molar refractivity (Wildman–Crippen MR) is 71.4 cm³/mol. The topological polar surface area (TPSA) is 21.3 Å². The lowest BCUT2D eigenvalue weighted by atomic mass is 9.94. The highest BCUT2D eigenvalue weighted by Gasteiger charge is 2.16. The summed E-state index contributed by atoms with van der Waals surface area (Å²) in [7, 11) is 1.71. The van der Waals surface area contributed by atoms with Gasteiger partial charge < -0.3 is 10.1 Å². The van der Waals surface area contributed by atoms with E-state index in [0.29, 0.717) is 12.1 Å². The van der Waals surface area contributed by atoms with Gasteiger partial charge in [-0.15, -0.1) is 0 Å². The number of benzene rings is 1. The molecule has 0 heterocycles. The zero-order valence-electron chi connectivity index (χ0n) is 10.9. The van der Waals surface area contributed by atoms with E-state index >= 15 is 0 Å². The Labute approximate surface area is 104 Å². The molecule has 17 heavy (non-hydrogen) atoms. The summed E-state index contributed by atoms with van der Waals surface area (Å²) in [6, 6.07) is 9.52. The van der Waals surface area contributed by atoms with Crippen LogP contribution in [-0.4, -0.2) is 13.2 Å². The van der Waals surface area contributed by atoms with E-state index in [0.717, 1.165) is 5.75 Å². The smallest absolute Gasteiger partial charge is 0.118 e. The van der Waals surface area contributed by atoms with E-state index in [9.17, 15) is 0 Å². The number of rotatable bonds is 4. The Kier molecular flexibility index (Phi) is 4.43. The van der Waals surface area contributed by atoms with Crippen LogP contribution in [0.3, 0.4) is 0 Å². The van der Waals surface area contributed by atoms with Crippen molar-refractivity contribution in [1.29, 1.82) is 0 Å². The van der Waals surface area contributed by atoms with Crippen molar-refractivity contribution in [3.05, 3.63) is 29.8 Å². The molecular weight excluding hydrogens is 210 g/mol. The minimum absolute atomic E-state index is 0.434. The van der Waals surface area contributed by atoms with Crippen LogP contribution in [-0.2, 0) is 0 Å². The molecule has 94 valence electrons. The molecule has 1 saturated carbocycles. The number of hydrogen-bond acceptors (Lipinski definition) is 2. The second-order valence-corrected chi connectivity index (χ2v) is 5.00. The second kappa shape index (κ2) is 6.06. The number of hydrogen-bond donors (Lipinski definition) is 1. The van der Waals surface area contributed by atoms with Crippen molar-refractivity contribution in [3.63, 3.8) is 0 Å². The third-order valence-electron chi connectivity index (χ3n) is 3.71. The Morgan fingerprint density at radius 2 is 1.76 bits per heavy atom. The van der Waals surface area contributed by atoms with Gasteiger partial charge >= 0.3 is 0 Å². The summed E-state index contributed by atoms with van der Waals surface area (Å²) in [5.74, 6) is 0.929. The monoisotopic (exact) mass is 233 g/mol. The highest BCUT2D eigenvalue weighted by molar-refractivity contribution is 5.28. The minimum Gasteiger partial charge on any atom is -0.497 e. The fraction of sp³-hybridized carbons (Fsp3) is 0.600. The fourth-order valence-electron chi connectivity index (χ4n) is 2.61. The first-order chi connectivity index (χ1) is 8.29. The van der Waals surface area contributed by atoms with Crippen LogP contribution in [0.5, 0.6) is 5.75 Å². The van der Waals surface area contributed by atoms with Gasteiger partial charge in [0.05, 0.1) is 7.11 Å². The van der Waals surface area contributed by atoms with Crippen molar-refractivity contribution in [2.75, 3.05) is 7.11 Å². The lowest BCUT2D eigenvalue weighted by Crippen LogP contribution is -2.33. The third kappa shape index (κ3) is 3.47. The molecule has 0 bridgehead atoms. The van der Waals surface area contributed by atoms with Gasteiger partial charge in [-0.1, -0.05) is 31.4 Å². The van der Waals surface area contributed by atoms with Gasteiger partial charge in [-0.3, -0.25) is 0 Å². The molecule has 1 aliphatic carbocycles. The highest BCUT2D eigenvalue weighted by Crippen LogP contribution is 2.22. The maximum atomic E-state index is 5.18. The lowest BCUT2D eigenvalue weighted by molar-refractivity contribution is 0.346. The van der Waals surface area contributed by atoms with Gasteiger partial charge in [0.15, 0.2) is 0 Å². The van der Waals surface area contributed by atoms with Crippen molar-refractivity contribution >= 4 is 0 Å². The van der Waals surface area contributed by atoms with Crippen LogP contribution in [0.2, 0.25) is 0 Å². The molecule has 2 heteroatoms. The Morgan fingerprint density at radius 1 is 1.12 bits per heavy atom. The maximum Gasteiger partial charge on any atom is 0.118 e. The van der Waals surface area contributed by atoms with Crippen LogP contribution in [0.4, 0.5) is 0 Å². The molecule has 0 spiro atoms. The Balaban J connectivity index is 1.91. The Morgan fingerprint density at radius 3 is 2.35 bits per heavy atom. The fourth-order valence-corrected chi connectivity index (χ4v) is 2.61. The summed E-state index contributed by atoms with van der Waals surface area (Å²) in [6.07, 6.45) is 6.84. The van der Waals surface area contributed by atoms with Gasteiger partial charge in [-0.2, -0.15) is 0 Å². The average molecular weight is 233 g/mol. The summed E-state index contributed by atoms with van der Waals surface area (Å²) < 4.78 is 5.18. The van der Waals surface area contributed by atoms with Crippen LogP contribution in [0, 0.1) is 0 Å². The molecule has 1 atom stereocenters. The molecule has 0 radical (unpaired) electrons. The highest BCUT2D eigenvalue weighted by atomic mass is 16.5. The largest absolute Gasteiger partial charge is 0.497 e. The van der Waals surface area contributed by atoms with E-state index in [1.165, 1.54) is 37.7 Å². The van der Waals surface area contributed by atoms with Gasteiger partial charge in [0.1, 0.15) is 5.75 Å². The third-order valence-corrected chi connectivity index (χ3v) is 3.71. The van der Waals surface area contributed by atoms with Crippen molar-refractivity contribution in [2.24, 2.45) is 0 Å². The molecule has 0 amide bonds. The van der Waals surface area contributed by atoms with E-state index in [1.54, 1.807) is 7.11 Å². The Bertz CT molecular complexity index is 327. The van der Waals surface area contributed by atoms with Gasteiger partial charge in [0, 0.05) is 12.1 Å². The maximum absolute atomic E-state index is 5.18. The molecule has 0 unspecified atom stereocenters. The summed E-state index contributed by atoms with van der Waals surface area (Å²) in [5.41, 5.74) is 1.34. The Hall–Kier alpha value is -1.02. The SMILES string of the molecule is COc1ccc([C@H](C)NC2CCCCC2)cc1. The molecule has 0 aliphatic heterocycles. The molecule has 1 aromatic rings. The normalized spacial score (nSPS) is 18.9. The van der Waals surface area contributed by atoms with Gasteiger partial charge in [-0.05, 0) is 37.5 Å². The summed E-state index contributed by atoms with van der Waals surface area (Å²) >= 11 is 0. The first kappa shape index (κ1) is 12.4. The van der Waals surface area contributed by atoms with Crippen LogP contribution in [0.25, 0.3) is 0 Å². The first-order valence-electron chi connectivity index (χ1n) is 6.69. The molecule has 1 N–H and O–H groups in total. The number of nitrogens with one attached hydrogen (secondary N) is 1. The molecule has 0 saturated heterocycles. The van der Waals surface area contributed by atoms with E-state index < -0.39 is 0 Å². The van der Waals surface area contributed by atoms with E-state index in [-0.39, 0.29) is 0 Å². The predicted octanol–water partition coefficient (Wildman–Crippen LogP) is 3.68. The minimum atomic E-state index is 0.434. The standard InChI is InChI=1S/C15H23NO/c1-12(16-14-6-4-3-5-7-14)13-8-10-15(17-2)11-9-13/h8-12,14,16H,3-7H2,1-2H3/t12-/m0/s1. The van der Waals surface area contributed by atoms with Crippen molar-refractivity contribution in [2.45, 2.75) is 51.1 Å². The quantitative estimate of drug-likeness (QED) is 0.856. The number of methoxy groups -OCH3 is 1. The van der Waals surface area contributed by atoms with Crippen LogP contribution < -0.4 is 10.1 Å². The van der Waals surface area contributed by atoms with E-state index in [4.69, 9.17) is 4.74 Å². The molecule has 0 aromatic heterocycles. The number of ether oxygens (including phenoxy) is 1. The molecule has 2 nitrogen and oxygen atoms in total. The molecule has 1 aliphatic rings. The summed E-state index contributed by atoms with van der Waals surface area (Å²) in [6.45, 7) is 2.25. The van der Waals surface area contributed by atoms with E-state index in [1.807, 2.05) is 12.1 Å². The van der Waals surface area contributed by atoms with E-state index in [2.05, 4.69) is 24.4 Å². The molecule has 1 fully saturated rings. The van der Waals surface area contributed by atoms with Crippen LogP contribution in [0.1, 0.15) is 50.6 Å². The van der Waals surface area contributed by atoms with Crippen molar-refractivity contribution in [1.82, 2.24) is 5.32 Å². The summed E-state index contributed by atoms with van der Waals surface area (Å²) in [4.78, 5) is 0. The van der Waals surface area contributed by atoms with Crippen molar-refractivity contribution < 1.29 is 4.74 Å². The van der Waals surface area contributed by atoms with Crippen LogP contribution in [0.15, 0.2) is 24.3 Å². The molecule has 2 rings (SSSR count). The van der Waals surface area contributed by atoms with Gasteiger partial charge in [0.2, 0.25) is 0 Å². The lowest BCUT2D eigenvalue weighted by Gasteiger charge is -2.26. The first-order valence-corrected chi connectivity index (χ1v) is 6.69.